The summed E-state index contributed by atoms with van der Waals surface area (Å²) in [6.07, 6.45) is 2.96. The highest BCUT2D eigenvalue weighted by molar-refractivity contribution is 5.17. The fourth-order valence-corrected chi connectivity index (χ4v) is 2.52. The minimum absolute atomic E-state index is 0.209. The molecule has 1 aliphatic rings. The smallest absolute Gasteiger partial charge is 0.0573 e. The van der Waals surface area contributed by atoms with Gasteiger partial charge in [0.2, 0.25) is 0 Å². The molecule has 0 bridgehead atoms. The number of nitrogens with zero attached hydrogens (tertiary/aromatic N) is 2. The molecule has 1 aliphatic heterocycles. The van der Waals surface area contributed by atoms with Crippen LogP contribution in [0.5, 0.6) is 0 Å². The zero-order chi connectivity index (χ0) is 12.5. The van der Waals surface area contributed by atoms with E-state index in [9.17, 15) is 0 Å². The maximum Gasteiger partial charge on any atom is 0.0573 e. The van der Waals surface area contributed by atoms with Crippen LogP contribution in [0.4, 0.5) is 0 Å². The lowest BCUT2D eigenvalue weighted by molar-refractivity contribution is 0.0887. The number of pyridine rings is 1. The van der Waals surface area contributed by atoms with Gasteiger partial charge in [0.25, 0.3) is 0 Å². The van der Waals surface area contributed by atoms with Gasteiger partial charge in [-0.3, -0.25) is 9.88 Å². The first-order valence-electron chi connectivity index (χ1n) is 6.37. The summed E-state index contributed by atoms with van der Waals surface area (Å²) >= 11 is 0. The molecule has 0 radical (unpaired) electrons. The molecule has 0 aromatic carbocycles. The minimum Gasteiger partial charge on any atom is -0.327 e. The van der Waals surface area contributed by atoms with Crippen molar-refractivity contribution in [3.63, 3.8) is 0 Å². The summed E-state index contributed by atoms with van der Waals surface area (Å²) in [5.74, 6) is 0. The van der Waals surface area contributed by atoms with Gasteiger partial charge in [0.05, 0.1) is 5.69 Å². The third kappa shape index (κ3) is 2.85. The summed E-state index contributed by atoms with van der Waals surface area (Å²) in [5.41, 5.74) is 8.84. The standard InChI is InChI=1S/C14H23N3/c1-11-5-4-7-16-12(11)9-17-8-6-13(15)14(2,3)10-17/h4-5,7,13H,6,8-10,15H2,1-3H3. The van der Waals surface area contributed by atoms with Gasteiger partial charge in [-0.15, -0.1) is 0 Å². The van der Waals surface area contributed by atoms with Gasteiger partial charge < -0.3 is 5.73 Å². The topological polar surface area (TPSA) is 42.2 Å². The first-order chi connectivity index (χ1) is 7.99. The largest absolute Gasteiger partial charge is 0.327 e. The molecule has 1 unspecified atom stereocenters. The van der Waals surface area contributed by atoms with Gasteiger partial charge in [-0.2, -0.15) is 0 Å². The molecule has 1 aromatic rings. The molecule has 2 N–H and O–H groups in total. The molecular weight excluding hydrogens is 210 g/mol. The average molecular weight is 233 g/mol. The summed E-state index contributed by atoms with van der Waals surface area (Å²) in [5, 5.41) is 0. The number of rotatable bonds is 2. The van der Waals surface area contributed by atoms with E-state index in [1.54, 1.807) is 0 Å². The van der Waals surface area contributed by atoms with Crippen molar-refractivity contribution in [2.24, 2.45) is 11.1 Å². The maximum atomic E-state index is 6.16. The number of hydrogen-bond acceptors (Lipinski definition) is 3. The van der Waals surface area contributed by atoms with E-state index in [4.69, 9.17) is 5.73 Å². The molecule has 3 nitrogen and oxygen atoms in total. The summed E-state index contributed by atoms with van der Waals surface area (Å²) in [6, 6.07) is 4.45. The molecular formula is C14H23N3. The van der Waals surface area contributed by atoms with E-state index in [0.717, 1.165) is 26.1 Å². The Hall–Kier alpha value is -0.930. The second-order valence-electron chi connectivity index (χ2n) is 5.86. The third-order valence-electron chi connectivity index (χ3n) is 3.88. The summed E-state index contributed by atoms with van der Waals surface area (Å²) in [4.78, 5) is 6.94. The van der Waals surface area contributed by atoms with Crippen molar-refractivity contribution < 1.29 is 0 Å². The number of nitrogens with two attached hydrogens (primary N) is 1. The van der Waals surface area contributed by atoms with E-state index >= 15 is 0 Å². The normalized spacial score (nSPS) is 24.8. The van der Waals surface area contributed by atoms with Crippen molar-refractivity contribution in [1.82, 2.24) is 9.88 Å². The molecule has 0 aliphatic carbocycles. The molecule has 2 heterocycles. The number of likely N-dealkylation sites (tertiary alicyclic amines) is 1. The van der Waals surface area contributed by atoms with Crippen LogP contribution in [0.25, 0.3) is 0 Å². The zero-order valence-electron chi connectivity index (χ0n) is 11.1. The van der Waals surface area contributed by atoms with Gasteiger partial charge in [0.15, 0.2) is 0 Å². The Labute approximate surface area is 104 Å². The van der Waals surface area contributed by atoms with Gasteiger partial charge in [-0.1, -0.05) is 19.9 Å². The van der Waals surface area contributed by atoms with Crippen molar-refractivity contribution in [2.45, 2.75) is 39.8 Å². The SMILES string of the molecule is Cc1cccnc1CN1CCC(N)C(C)(C)C1. The van der Waals surface area contributed by atoms with E-state index in [1.165, 1.54) is 11.3 Å². The van der Waals surface area contributed by atoms with Crippen LogP contribution in [-0.2, 0) is 6.54 Å². The first-order valence-corrected chi connectivity index (χ1v) is 6.37. The number of aryl methyl sites for hydroxylation is 1. The van der Waals surface area contributed by atoms with Crippen molar-refractivity contribution >= 4 is 0 Å². The highest BCUT2D eigenvalue weighted by Crippen LogP contribution is 2.28. The van der Waals surface area contributed by atoms with Crippen molar-refractivity contribution in [1.29, 1.82) is 0 Å². The lowest BCUT2D eigenvalue weighted by Gasteiger charge is -2.42. The summed E-state index contributed by atoms with van der Waals surface area (Å²) < 4.78 is 0. The van der Waals surface area contributed by atoms with Gasteiger partial charge in [-0.05, 0) is 30.4 Å². The Morgan fingerprint density at radius 3 is 2.94 bits per heavy atom. The molecule has 1 fully saturated rings. The van der Waals surface area contributed by atoms with Gasteiger partial charge in [0, 0.05) is 31.9 Å². The highest BCUT2D eigenvalue weighted by atomic mass is 15.2. The molecule has 0 spiro atoms. The molecule has 3 heteroatoms. The van der Waals surface area contributed by atoms with Gasteiger partial charge in [0.1, 0.15) is 0 Å². The van der Waals surface area contributed by atoms with Gasteiger partial charge in [-0.25, -0.2) is 0 Å². The number of aromatic nitrogens is 1. The quantitative estimate of drug-likeness (QED) is 0.849. The van der Waals surface area contributed by atoms with E-state index in [0.29, 0.717) is 6.04 Å². The van der Waals surface area contributed by atoms with Crippen LogP contribution in [0.3, 0.4) is 0 Å². The fourth-order valence-electron chi connectivity index (χ4n) is 2.52. The van der Waals surface area contributed by atoms with E-state index < -0.39 is 0 Å². The van der Waals surface area contributed by atoms with E-state index in [2.05, 4.69) is 36.7 Å². The Kier molecular flexibility index (Phi) is 3.50. The van der Waals surface area contributed by atoms with Crippen LogP contribution in [-0.4, -0.2) is 29.0 Å². The summed E-state index contributed by atoms with van der Waals surface area (Å²) in [7, 11) is 0. The van der Waals surface area contributed by atoms with Crippen LogP contribution in [0, 0.1) is 12.3 Å². The summed E-state index contributed by atoms with van der Waals surface area (Å²) in [6.45, 7) is 9.74. The Morgan fingerprint density at radius 2 is 2.29 bits per heavy atom. The number of hydrogen-bond donors (Lipinski definition) is 1. The van der Waals surface area contributed by atoms with Crippen molar-refractivity contribution in [2.75, 3.05) is 13.1 Å². The predicted molar refractivity (Wildman–Crippen MR) is 70.6 cm³/mol. The molecule has 0 amide bonds. The first kappa shape index (κ1) is 12.5. The molecule has 1 aromatic heterocycles. The second-order valence-corrected chi connectivity index (χ2v) is 5.86. The van der Waals surface area contributed by atoms with Gasteiger partial charge >= 0.3 is 0 Å². The lowest BCUT2D eigenvalue weighted by Crippen LogP contribution is -2.52. The van der Waals surface area contributed by atoms with Crippen molar-refractivity contribution in [3.8, 4) is 0 Å². The highest BCUT2D eigenvalue weighted by Gasteiger charge is 2.33. The Morgan fingerprint density at radius 1 is 1.53 bits per heavy atom. The zero-order valence-corrected chi connectivity index (χ0v) is 11.1. The molecule has 94 valence electrons. The van der Waals surface area contributed by atoms with Crippen LogP contribution in [0.2, 0.25) is 0 Å². The van der Waals surface area contributed by atoms with E-state index in [-0.39, 0.29) is 5.41 Å². The molecule has 17 heavy (non-hydrogen) atoms. The minimum atomic E-state index is 0.209. The fraction of sp³-hybridized carbons (Fsp3) is 0.643. The predicted octanol–water partition coefficient (Wildman–Crippen LogP) is 1.95. The molecule has 2 rings (SSSR count). The molecule has 0 saturated carbocycles. The van der Waals surface area contributed by atoms with Crippen molar-refractivity contribution in [3.05, 3.63) is 29.6 Å². The van der Waals surface area contributed by atoms with Crippen LogP contribution >= 0.6 is 0 Å². The van der Waals surface area contributed by atoms with E-state index in [1.807, 2.05) is 12.3 Å². The third-order valence-corrected chi connectivity index (χ3v) is 3.88. The number of piperidine rings is 1. The monoisotopic (exact) mass is 233 g/mol. The maximum absolute atomic E-state index is 6.16. The van der Waals surface area contributed by atoms with Crippen LogP contribution < -0.4 is 5.73 Å². The Bertz CT molecular complexity index is 387. The average Bonchev–Trinajstić information content (AvgIpc) is 2.26. The molecule has 1 saturated heterocycles. The Balaban J connectivity index is 2.04. The van der Waals surface area contributed by atoms with Crippen LogP contribution in [0.15, 0.2) is 18.3 Å². The second kappa shape index (κ2) is 4.75. The van der Waals surface area contributed by atoms with Crippen LogP contribution in [0.1, 0.15) is 31.5 Å². The molecule has 1 atom stereocenters. The lowest BCUT2D eigenvalue weighted by atomic mass is 9.79.